The monoisotopic (exact) mass is 223 g/mol. The fourth-order valence-corrected chi connectivity index (χ4v) is 1.35. The lowest BCUT2D eigenvalue weighted by molar-refractivity contribution is 0.146. The van der Waals surface area contributed by atoms with E-state index in [4.69, 9.17) is 16.7 Å². The molecule has 6 heteroatoms. The Morgan fingerprint density at radius 2 is 2.29 bits per heavy atom. The summed E-state index contributed by atoms with van der Waals surface area (Å²) in [6.07, 6.45) is -1.65. The highest BCUT2D eigenvalue weighted by Gasteiger charge is 2.20. The Morgan fingerprint density at radius 1 is 1.64 bits per heavy atom. The SMILES string of the molecule is COc1ncc(CO)c(C(F)F)c1Cl. The highest BCUT2D eigenvalue weighted by molar-refractivity contribution is 6.32. The van der Waals surface area contributed by atoms with Crippen LogP contribution in [0.15, 0.2) is 6.20 Å². The van der Waals surface area contributed by atoms with Gasteiger partial charge in [0.05, 0.1) is 13.7 Å². The number of methoxy groups -OCH3 is 1. The van der Waals surface area contributed by atoms with Gasteiger partial charge in [0.25, 0.3) is 6.43 Å². The molecule has 0 aromatic carbocycles. The Labute approximate surface area is 84.3 Å². The van der Waals surface area contributed by atoms with Gasteiger partial charge in [-0.25, -0.2) is 13.8 Å². The van der Waals surface area contributed by atoms with Gasteiger partial charge in [0, 0.05) is 17.3 Å². The Morgan fingerprint density at radius 3 is 2.71 bits per heavy atom. The minimum Gasteiger partial charge on any atom is -0.480 e. The zero-order valence-corrected chi connectivity index (χ0v) is 8.05. The third-order valence-electron chi connectivity index (χ3n) is 1.69. The fraction of sp³-hybridized carbons (Fsp3) is 0.375. The molecular weight excluding hydrogens is 216 g/mol. The van der Waals surface area contributed by atoms with Crippen LogP contribution < -0.4 is 4.74 Å². The second-order valence-electron chi connectivity index (χ2n) is 2.48. The fourth-order valence-electron chi connectivity index (χ4n) is 1.02. The van der Waals surface area contributed by atoms with Gasteiger partial charge in [0.15, 0.2) is 0 Å². The minimum absolute atomic E-state index is 0.00537. The maximum atomic E-state index is 12.5. The van der Waals surface area contributed by atoms with Gasteiger partial charge in [0.1, 0.15) is 5.02 Å². The highest BCUT2D eigenvalue weighted by Crippen LogP contribution is 2.35. The summed E-state index contributed by atoms with van der Waals surface area (Å²) in [6, 6.07) is 0. The molecule has 1 heterocycles. The topological polar surface area (TPSA) is 42.4 Å². The number of nitrogens with zero attached hydrogens (tertiary/aromatic N) is 1. The van der Waals surface area contributed by atoms with Crippen molar-refractivity contribution >= 4 is 11.6 Å². The molecule has 0 radical (unpaired) electrons. The summed E-state index contributed by atoms with van der Waals surface area (Å²) in [5.74, 6) is -0.0702. The van der Waals surface area contributed by atoms with Crippen molar-refractivity contribution < 1.29 is 18.6 Å². The van der Waals surface area contributed by atoms with Crippen molar-refractivity contribution in [3.8, 4) is 5.88 Å². The number of aromatic nitrogens is 1. The molecule has 3 nitrogen and oxygen atoms in total. The van der Waals surface area contributed by atoms with E-state index >= 15 is 0 Å². The van der Waals surface area contributed by atoms with Gasteiger partial charge in [-0.1, -0.05) is 11.6 Å². The van der Waals surface area contributed by atoms with Crippen LogP contribution in [0.25, 0.3) is 0 Å². The second kappa shape index (κ2) is 4.52. The first-order valence-corrected chi connectivity index (χ1v) is 4.09. The van der Waals surface area contributed by atoms with E-state index in [9.17, 15) is 8.78 Å². The molecule has 1 aromatic rings. The zero-order chi connectivity index (χ0) is 10.7. The molecule has 0 saturated heterocycles. The molecule has 0 bridgehead atoms. The summed E-state index contributed by atoms with van der Waals surface area (Å²) in [5.41, 5.74) is -0.424. The van der Waals surface area contributed by atoms with Crippen LogP contribution >= 0.6 is 11.6 Å². The van der Waals surface area contributed by atoms with Crippen LogP contribution in [0.3, 0.4) is 0 Å². The molecule has 0 amide bonds. The number of hydrogen-bond donors (Lipinski definition) is 1. The van der Waals surface area contributed by atoms with E-state index in [0.717, 1.165) is 6.20 Å². The first-order chi connectivity index (χ1) is 6.61. The first kappa shape index (κ1) is 11.1. The molecule has 0 atom stereocenters. The van der Waals surface area contributed by atoms with Crippen molar-refractivity contribution in [1.29, 1.82) is 0 Å². The molecule has 1 N–H and O–H groups in total. The number of rotatable bonds is 3. The summed E-state index contributed by atoms with van der Waals surface area (Å²) >= 11 is 5.61. The van der Waals surface area contributed by atoms with Crippen LogP contribution in [0.1, 0.15) is 17.6 Å². The number of ether oxygens (including phenoxy) is 1. The van der Waals surface area contributed by atoms with Gasteiger partial charge in [-0.05, 0) is 0 Å². The number of aliphatic hydroxyl groups excluding tert-OH is 1. The average molecular weight is 224 g/mol. The smallest absolute Gasteiger partial charge is 0.265 e. The van der Waals surface area contributed by atoms with Crippen molar-refractivity contribution in [2.24, 2.45) is 0 Å². The van der Waals surface area contributed by atoms with E-state index in [0.29, 0.717) is 0 Å². The van der Waals surface area contributed by atoms with E-state index in [2.05, 4.69) is 9.72 Å². The van der Waals surface area contributed by atoms with Gasteiger partial charge < -0.3 is 9.84 Å². The van der Waals surface area contributed by atoms with Gasteiger partial charge in [-0.2, -0.15) is 0 Å². The van der Waals surface area contributed by atoms with Crippen LogP contribution in [0.2, 0.25) is 5.02 Å². The van der Waals surface area contributed by atoms with Crippen molar-refractivity contribution in [3.05, 3.63) is 22.3 Å². The number of hydrogen-bond acceptors (Lipinski definition) is 3. The Hall–Kier alpha value is -0.940. The maximum Gasteiger partial charge on any atom is 0.265 e. The average Bonchev–Trinajstić information content (AvgIpc) is 2.16. The molecule has 0 aliphatic heterocycles. The largest absolute Gasteiger partial charge is 0.480 e. The first-order valence-electron chi connectivity index (χ1n) is 3.72. The van der Waals surface area contributed by atoms with Crippen molar-refractivity contribution in [2.45, 2.75) is 13.0 Å². The Balaban J connectivity index is 3.31. The van der Waals surface area contributed by atoms with Gasteiger partial charge in [0.2, 0.25) is 5.88 Å². The summed E-state index contributed by atoms with van der Waals surface area (Å²) in [5, 5.41) is 8.53. The van der Waals surface area contributed by atoms with Gasteiger partial charge in [-0.3, -0.25) is 0 Å². The van der Waals surface area contributed by atoms with Crippen LogP contribution in [-0.4, -0.2) is 17.2 Å². The molecule has 0 aliphatic rings. The van der Waals surface area contributed by atoms with E-state index in [-0.39, 0.29) is 16.5 Å². The molecule has 0 fully saturated rings. The summed E-state index contributed by atoms with van der Waals surface area (Å²) in [4.78, 5) is 3.66. The normalized spacial score (nSPS) is 10.7. The molecule has 1 rings (SSSR count). The summed E-state index contributed by atoms with van der Waals surface area (Å²) in [7, 11) is 1.28. The lowest BCUT2D eigenvalue weighted by Crippen LogP contribution is -2.00. The van der Waals surface area contributed by atoms with E-state index in [1.807, 2.05) is 0 Å². The lowest BCUT2D eigenvalue weighted by atomic mass is 10.1. The van der Waals surface area contributed by atoms with Gasteiger partial charge >= 0.3 is 0 Å². The van der Waals surface area contributed by atoms with Crippen LogP contribution in [0.5, 0.6) is 5.88 Å². The third-order valence-corrected chi connectivity index (χ3v) is 2.06. The molecule has 78 valence electrons. The predicted octanol–water partition coefficient (Wildman–Crippen LogP) is 2.17. The third kappa shape index (κ3) is 1.93. The molecule has 0 spiro atoms. The molecular formula is C8H8ClF2NO2. The maximum absolute atomic E-state index is 12.5. The van der Waals surface area contributed by atoms with Gasteiger partial charge in [-0.15, -0.1) is 0 Å². The predicted molar refractivity (Wildman–Crippen MR) is 46.7 cm³/mol. The Bertz CT molecular complexity index is 333. The summed E-state index contributed by atoms with van der Waals surface area (Å²) < 4.78 is 29.7. The molecule has 0 saturated carbocycles. The number of pyridine rings is 1. The van der Waals surface area contributed by atoms with Crippen molar-refractivity contribution in [2.75, 3.05) is 7.11 Å². The Kier molecular flexibility index (Phi) is 3.60. The zero-order valence-electron chi connectivity index (χ0n) is 7.30. The number of aliphatic hydroxyl groups is 1. The standard InChI is InChI=1S/C8H8ClF2NO2/c1-14-8-6(9)5(7(10)11)4(3-13)2-12-8/h2,7,13H,3H2,1H3. The van der Waals surface area contributed by atoms with Crippen molar-refractivity contribution in [3.63, 3.8) is 0 Å². The van der Waals surface area contributed by atoms with E-state index in [1.165, 1.54) is 7.11 Å². The van der Waals surface area contributed by atoms with Crippen molar-refractivity contribution in [1.82, 2.24) is 4.98 Å². The number of halogens is 3. The highest BCUT2D eigenvalue weighted by atomic mass is 35.5. The van der Waals surface area contributed by atoms with Crippen LogP contribution in [-0.2, 0) is 6.61 Å². The molecule has 0 unspecified atom stereocenters. The van der Waals surface area contributed by atoms with Crippen LogP contribution in [0, 0.1) is 0 Å². The molecule has 0 aliphatic carbocycles. The minimum atomic E-state index is -2.76. The van der Waals surface area contributed by atoms with Crippen LogP contribution in [0.4, 0.5) is 8.78 Å². The molecule has 1 aromatic heterocycles. The summed E-state index contributed by atoms with van der Waals surface area (Å²) in [6.45, 7) is -0.531. The second-order valence-corrected chi connectivity index (χ2v) is 2.86. The quantitative estimate of drug-likeness (QED) is 0.854. The van der Waals surface area contributed by atoms with E-state index < -0.39 is 18.6 Å². The molecule has 14 heavy (non-hydrogen) atoms. The lowest BCUT2D eigenvalue weighted by Gasteiger charge is -2.10. The van der Waals surface area contributed by atoms with E-state index in [1.54, 1.807) is 0 Å². The number of alkyl halides is 2.